The van der Waals surface area contributed by atoms with Crippen molar-refractivity contribution in [1.29, 1.82) is 0 Å². The van der Waals surface area contributed by atoms with Gasteiger partial charge in [0.25, 0.3) is 0 Å². The van der Waals surface area contributed by atoms with Crippen LogP contribution in [0.15, 0.2) is 53.3 Å². The number of aromatic nitrogens is 1. The van der Waals surface area contributed by atoms with E-state index >= 15 is 0 Å². The third kappa shape index (κ3) is 5.48. The van der Waals surface area contributed by atoms with Gasteiger partial charge in [-0.2, -0.15) is 0 Å². The van der Waals surface area contributed by atoms with Gasteiger partial charge in [-0.25, -0.2) is 0 Å². The SMILES string of the molecule is O=c1ccc2c([C@@H](O)CNCCc3cccc(OCCC4C5CCC6CC(C5)CC4C6)c3)ccc(O)c2[nH]1. The first-order chi connectivity index (χ1) is 18.5. The Bertz CT molecular complexity index is 1310. The topological polar surface area (TPSA) is 94.6 Å². The van der Waals surface area contributed by atoms with Gasteiger partial charge < -0.3 is 25.3 Å². The molecule has 3 aromatic rings. The Balaban J connectivity index is 0.976. The third-order valence-electron chi connectivity index (χ3n) is 9.54. The number of hydrogen-bond acceptors (Lipinski definition) is 5. The summed E-state index contributed by atoms with van der Waals surface area (Å²) in [6.45, 7) is 1.91. The highest BCUT2D eigenvalue weighted by atomic mass is 16.5. The number of aromatic hydroxyl groups is 1. The van der Waals surface area contributed by atoms with E-state index in [-0.39, 0.29) is 11.3 Å². The van der Waals surface area contributed by atoms with E-state index in [2.05, 4.69) is 34.6 Å². The molecular weight excluding hydrogens is 476 g/mol. The van der Waals surface area contributed by atoms with Crippen LogP contribution in [0, 0.1) is 29.6 Å². The number of phenols is 1. The number of rotatable bonds is 10. The molecule has 1 heterocycles. The van der Waals surface area contributed by atoms with Crippen molar-refractivity contribution in [2.75, 3.05) is 19.7 Å². The lowest BCUT2D eigenvalue weighted by Crippen LogP contribution is -2.35. The van der Waals surface area contributed by atoms with Gasteiger partial charge in [0.15, 0.2) is 0 Å². The van der Waals surface area contributed by atoms with E-state index in [1.54, 1.807) is 12.1 Å². The van der Waals surface area contributed by atoms with Gasteiger partial charge in [0, 0.05) is 18.0 Å². The molecule has 0 saturated heterocycles. The average molecular weight is 517 g/mol. The molecule has 0 spiro atoms. The van der Waals surface area contributed by atoms with Crippen LogP contribution >= 0.6 is 0 Å². The maximum Gasteiger partial charge on any atom is 0.248 e. The quantitative estimate of drug-likeness (QED) is 0.273. The Kier molecular flexibility index (Phi) is 7.44. The summed E-state index contributed by atoms with van der Waals surface area (Å²) in [5.41, 5.74) is 1.95. The van der Waals surface area contributed by atoms with Gasteiger partial charge in [0.05, 0.1) is 18.2 Å². The minimum absolute atomic E-state index is 0.00254. The summed E-state index contributed by atoms with van der Waals surface area (Å²) in [5, 5.41) is 24.8. The van der Waals surface area contributed by atoms with E-state index in [9.17, 15) is 15.0 Å². The second-order valence-electron chi connectivity index (χ2n) is 12.0. The highest BCUT2D eigenvalue weighted by Gasteiger charge is 2.44. The molecule has 6 atom stereocenters. The smallest absolute Gasteiger partial charge is 0.248 e. The van der Waals surface area contributed by atoms with Crippen LogP contribution in [0.4, 0.5) is 0 Å². The number of nitrogens with one attached hydrogen (secondary N) is 2. The van der Waals surface area contributed by atoms with Crippen molar-refractivity contribution >= 4 is 10.9 Å². The zero-order valence-corrected chi connectivity index (χ0v) is 22.1. The number of pyridine rings is 1. The molecule has 4 aliphatic carbocycles. The molecular formula is C32H40N2O4. The second-order valence-corrected chi connectivity index (χ2v) is 12.0. The van der Waals surface area contributed by atoms with Gasteiger partial charge in [-0.1, -0.05) is 24.6 Å². The highest BCUT2D eigenvalue weighted by Crippen LogP contribution is 2.54. The molecule has 4 N–H and O–H groups in total. The number of fused-ring (bicyclic) bond motifs is 2. The Hall–Kier alpha value is -2.83. The maximum atomic E-state index is 11.6. The van der Waals surface area contributed by atoms with Crippen molar-refractivity contribution in [2.24, 2.45) is 29.6 Å². The monoisotopic (exact) mass is 516 g/mol. The fraction of sp³-hybridized carbons (Fsp3) is 0.531. The molecule has 4 bridgehead atoms. The van der Waals surface area contributed by atoms with Crippen LogP contribution in [0.25, 0.3) is 10.9 Å². The van der Waals surface area contributed by atoms with Crippen LogP contribution in [0.5, 0.6) is 11.5 Å². The molecule has 2 aromatic carbocycles. The number of aliphatic hydroxyl groups is 1. The number of aliphatic hydroxyl groups excluding tert-OH is 1. The van der Waals surface area contributed by atoms with E-state index in [0.29, 0.717) is 23.0 Å². The first-order valence-corrected chi connectivity index (χ1v) is 14.5. The molecule has 0 radical (unpaired) electrons. The molecule has 6 heteroatoms. The zero-order valence-electron chi connectivity index (χ0n) is 22.1. The van der Waals surface area contributed by atoms with Gasteiger partial charge >= 0.3 is 0 Å². The lowest BCUT2D eigenvalue weighted by atomic mass is 9.61. The third-order valence-corrected chi connectivity index (χ3v) is 9.54. The second kappa shape index (κ2) is 11.1. The maximum absolute atomic E-state index is 11.6. The molecule has 4 saturated carbocycles. The van der Waals surface area contributed by atoms with Crippen molar-refractivity contribution in [3.63, 3.8) is 0 Å². The Labute approximate surface area is 224 Å². The predicted molar refractivity (Wildman–Crippen MR) is 149 cm³/mol. The Morgan fingerprint density at radius 1 is 1.00 bits per heavy atom. The number of ether oxygens (including phenoxy) is 1. The molecule has 6 nitrogen and oxygen atoms in total. The fourth-order valence-corrected chi connectivity index (χ4v) is 7.87. The minimum atomic E-state index is -0.756. The van der Waals surface area contributed by atoms with E-state index in [4.69, 9.17) is 4.74 Å². The number of hydrogen-bond donors (Lipinski definition) is 4. The molecule has 0 amide bonds. The first kappa shape index (κ1) is 25.4. The first-order valence-electron chi connectivity index (χ1n) is 14.5. The summed E-state index contributed by atoms with van der Waals surface area (Å²) in [7, 11) is 0. The van der Waals surface area contributed by atoms with E-state index in [1.165, 1.54) is 62.6 Å². The minimum Gasteiger partial charge on any atom is -0.506 e. The molecule has 1 aromatic heterocycles. The van der Waals surface area contributed by atoms with E-state index in [1.807, 2.05) is 0 Å². The van der Waals surface area contributed by atoms with Crippen molar-refractivity contribution in [3.05, 3.63) is 70.0 Å². The molecule has 38 heavy (non-hydrogen) atoms. The molecule has 202 valence electrons. The molecule has 0 aliphatic heterocycles. The number of benzene rings is 2. The number of aromatic amines is 1. The molecule has 7 rings (SSSR count). The van der Waals surface area contributed by atoms with E-state index < -0.39 is 6.10 Å². The highest BCUT2D eigenvalue weighted by molar-refractivity contribution is 5.87. The normalized spacial score (nSPS) is 26.9. The average Bonchev–Trinajstić information content (AvgIpc) is 3.13. The van der Waals surface area contributed by atoms with Crippen molar-refractivity contribution < 1.29 is 14.9 Å². The van der Waals surface area contributed by atoms with Gasteiger partial charge in [-0.15, -0.1) is 0 Å². The lowest BCUT2D eigenvalue weighted by Gasteiger charge is -2.44. The molecule has 5 unspecified atom stereocenters. The number of phenolic OH excluding ortho intramolecular Hbond substituents is 1. The summed E-state index contributed by atoms with van der Waals surface area (Å²) < 4.78 is 6.25. The molecule has 4 fully saturated rings. The largest absolute Gasteiger partial charge is 0.506 e. The Morgan fingerprint density at radius 2 is 1.87 bits per heavy atom. The fourth-order valence-electron chi connectivity index (χ4n) is 7.87. The van der Waals surface area contributed by atoms with Crippen LogP contribution in [-0.2, 0) is 6.42 Å². The van der Waals surface area contributed by atoms with Gasteiger partial charge in [-0.3, -0.25) is 4.79 Å². The van der Waals surface area contributed by atoms with E-state index in [0.717, 1.165) is 54.9 Å². The van der Waals surface area contributed by atoms with Crippen molar-refractivity contribution in [3.8, 4) is 11.5 Å². The lowest BCUT2D eigenvalue weighted by molar-refractivity contribution is 0.0520. The predicted octanol–water partition coefficient (Wildman–Crippen LogP) is 5.33. The summed E-state index contributed by atoms with van der Waals surface area (Å²) in [5.74, 6) is 5.71. The van der Waals surface area contributed by atoms with Crippen molar-refractivity contribution in [1.82, 2.24) is 10.3 Å². The summed E-state index contributed by atoms with van der Waals surface area (Å²) in [6.07, 6.45) is 10.1. The van der Waals surface area contributed by atoms with Crippen LogP contribution in [0.3, 0.4) is 0 Å². The van der Waals surface area contributed by atoms with Crippen molar-refractivity contribution in [2.45, 2.75) is 57.5 Å². The van der Waals surface area contributed by atoms with Crippen LogP contribution < -0.4 is 15.6 Å². The molecule has 4 aliphatic rings. The van der Waals surface area contributed by atoms with Gasteiger partial charge in [-0.05, 0) is 116 Å². The summed E-state index contributed by atoms with van der Waals surface area (Å²) >= 11 is 0. The summed E-state index contributed by atoms with van der Waals surface area (Å²) in [4.78, 5) is 14.3. The van der Waals surface area contributed by atoms with Crippen LogP contribution in [0.2, 0.25) is 0 Å². The van der Waals surface area contributed by atoms with Gasteiger partial charge in [0.2, 0.25) is 5.56 Å². The van der Waals surface area contributed by atoms with Crippen LogP contribution in [0.1, 0.15) is 62.2 Å². The zero-order chi connectivity index (χ0) is 26.1. The number of H-pyrrole nitrogens is 1. The van der Waals surface area contributed by atoms with Gasteiger partial charge in [0.1, 0.15) is 11.5 Å². The standard InChI is InChI=1S/C32H40N2O4/c35-29-8-6-27(28-7-9-31(37)34-32(28)29)30(36)19-33-12-10-20-2-1-3-25(18-20)38-13-11-26-23-5-4-21-14-22(16-23)17-24(26)15-21/h1-3,6-9,18,21-24,26,30,33,35-36H,4-5,10-17,19H2,(H,34,37)/t21?,22?,23?,24?,26?,30-/m0/s1. The summed E-state index contributed by atoms with van der Waals surface area (Å²) in [6, 6.07) is 14.6. The Morgan fingerprint density at radius 3 is 2.79 bits per heavy atom. The van der Waals surface area contributed by atoms with Crippen LogP contribution in [-0.4, -0.2) is 34.9 Å².